The number of carbonyl (C=O) groups excluding carboxylic acids is 1. The van der Waals surface area contributed by atoms with Gasteiger partial charge in [0.05, 0.1) is 23.6 Å². The minimum absolute atomic E-state index is 0.154. The summed E-state index contributed by atoms with van der Waals surface area (Å²) >= 11 is 0. The first-order valence-corrected chi connectivity index (χ1v) is 11.9. The second-order valence-corrected chi connectivity index (χ2v) is 9.03. The summed E-state index contributed by atoms with van der Waals surface area (Å²) in [5, 5.41) is 1.07. The van der Waals surface area contributed by atoms with Crippen molar-refractivity contribution in [3.05, 3.63) is 79.0 Å². The number of pyridine rings is 3. The van der Waals surface area contributed by atoms with Gasteiger partial charge in [0, 0.05) is 67.8 Å². The molecule has 0 unspecified atom stereocenters. The summed E-state index contributed by atoms with van der Waals surface area (Å²) in [5.41, 5.74) is 8.35. The quantitative estimate of drug-likeness (QED) is 0.392. The Balaban J connectivity index is 1.29. The Bertz CT molecular complexity index is 1550. The van der Waals surface area contributed by atoms with Gasteiger partial charge in [-0.15, -0.1) is 0 Å². The molecule has 4 aromatic heterocycles. The first kappa shape index (κ1) is 21.3. The van der Waals surface area contributed by atoms with Gasteiger partial charge in [-0.2, -0.15) is 0 Å². The van der Waals surface area contributed by atoms with Crippen LogP contribution in [0.4, 0.5) is 5.69 Å². The monoisotopic (exact) mass is 462 g/mol. The van der Waals surface area contributed by atoms with E-state index in [4.69, 9.17) is 4.98 Å². The summed E-state index contributed by atoms with van der Waals surface area (Å²) in [6, 6.07) is 17.0. The van der Waals surface area contributed by atoms with Crippen LogP contribution in [0.25, 0.3) is 38.9 Å². The van der Waals surface area contributed by atoms with Gasteiger partial charge in [0.25, 0.3) is 0 Å². The first-order chi connectivity index (χ1) is 17.1. The summed E-state index contributed by atoms with van der Waals surface area (Å²) in [7, 11) is 0. The molecular formula is C28H26N6O. The van der Waals surface area contributed by atoms with Crippen molar-refractivity contribution in [2.24, 2.45) is 0 Å². The van der Waals surface area contributed by atoms with Crippen LogP contribution >= 0.6 is 0 Å². The minimum Gasteiger partial charge on any atom is -0.368 e. The third-order valence-corrected chi connectivity index (χ3v) is 6.82. The number of carbonyl (C=O) groups is 1. The van der Waals surface area contributed by atoms with Gasteiger partial charge >= 0.3 is 0 Å². The standard InChI is InChI=1S/C28H26N6O/c1-19-15-25(24-7-9-29-17-26(24)31-19)27-18-30-28-16-22(8-10-34(27)28)21-3-5-23(6-4-21)33-13-11-32(12-14-33)20(2)35/h3-10,15-18H,11-14H2,1-2H3. The van der Waals surface area contributed by atoms with Crippen molar-refractivity contribution >= 4 is 28.1 Å². The van der Waals surface area contributed by atoms with E-state index in [1.807, 2.05) is 24.1 Å². The van der Waals surface area contributed by atoms with Crippen molar-refractivity contribution < 1.29 is 4.79 Å². The van der Waals surface area contributed by atoms with Crippen LogP contribution in [0.3, 0.4) is 0 Å². The molecule has 0 radical (unpaired) electrons. The summed E-state index contributed by atoms with van der Waals surface area (Å²) in [5.74, 6) is 0.154. The van der Waals surface area contributed by atoms with Gasteiger partial charge in [0.15, 0.2) is 0 Å². The number of rotatable bonds is 3. The fourth-order valence-corrected chi connectivity index (χ4v) is 4.93. The fourth-order valence-electron chi connectivity index (χ4n) is 4.93. The van der Waals surface area contributed by atoms with Crippen molar-refractivity contribution in [3.8, 4) is 22.4 Å². The summed E-state index contributed by atoms with van der Waals surface area (Å²) in [4.78, 5) is 29.4. The second-order valence-electron chi connectivity index (χ2n) is 9.03. The lowest BCUT2D eigenvalue weighted by Gasteiger charge is -2.35. The molecule has 1 aromatic carbocycles. The largest absolute Gasteiger partial charge is 0.368 e. The first-order valence-electron chi connectivity index (χ1n) is 11.9. The number of aromatic nitrogens is 4. The molecule has 0 atom stereocenters. The van der Waals surface area contributed by atoms with E-state index < -0.39 is 0 Å². The maximum absolute atomic E-state index is 11.6. The third kappa shape index (κ3) is 3.89. The second kappa shape index (κ2) is 8.51. The average molecular weight is 463 g/mol. The molecule has 0 aliphatic carbocycles. The molecule has 7 heteroatoms. The van der Waals surface area contributed by atoms with E-state index in [9.17, 15) is 4.79 Å². The van der Waals surface area contributed by atoms with Gasteiger partial charge < -0.3 is 9.80 Å². The van der Waals surface area contributed by atoms with E-state index in [-0.39, 0.29) is 5.91 Å². The highest BCUT2D eigenvalue weighted by molar-refractivity contribution is 5.93. The molecule has 174 valence electrons. The maximum atomic E-state index is 11.6. The maximum Gasteiger partial charge on any atom is 0.219 e. The van der Waals surface area contributed by atoms with Gasteiger partial charge in [-0.25, -0.2) is 4.98 Å². The van der Waals surface area contributed by atoms with Crippen molar-refractivity contribution in [1.29, 1.82) is 0 Å². The van der Waals surface area contributed by atoms with E-state index in [2.05, 4.69) is 67.9 Å². The Morgan fingerprint density at radius 2 is 1.71 bits per heavy atom. The molecule has 35 heavy (non-hydrogen) atoms. The lowest BCUT2D eigenvalue weighted by atomic mass is 10.1. The topological polar surface area (TPSA) is 66.6 Å². The van der Waals surface area contributed by atoms with Crippen LogP contribution in [-0.2, 0) is 4.79 Å². The molecule has 1 amide bonds. The van der Waals surface area contributed by atoms with Crippen molar-refractivity contribution in [3.63, 3.8) is 0 Å². The van der Waals surface area contributed by atoms with Gasteiger partial charge in [0.1, 0.15) is 5.65 Å². The highest BCUT2D eigenvalue weighted by Gasteiger charge is 2.19. The zero-order valence-electron chi connectivity index (χ0n) is 19.8. The Hall–Kier alpha value is -4.26. The fraction of sp³-hybridized carbons (Fsp3) is 0.214. The molecule has 1 fully saturated rings. The van der Waals surface area contributed by atoms with Crippen molar-refractivity contribution in [2.45, 2.75) is 13.8 Å². The zero-order valence-corrected chi connectivity index (χ0v) is 19.8. The Kier molecular flexibility index (Phi) is 5.17. The number of anilines is 1. The molecule has 6 rings (SSSR count). The van der Waals surface area contributed by atoms with Gasteiger partial charge in [0.2, 0.25) is 5.91 Å². The molecule has 0 spiro atoms. The number of nitrogens with zero attached hydrogens (tertiary/aromatic N) is 6. The van der Waals surface area contributed by atoms with Crippen LogP contribution in [0.2, 0.25) is 0 Å². The normalized spacial score (nSPS) is 14.1. The van der Waals surface area contributed by atoms with E-state index in [1.54, 1.807) is 19.3 Å². The number of aryl methyl sites for hydroxylation is 1. The molecule has 7 nitrogen and oxygen atoms in total. The van der Waals surface area contributed by atoms with Crippen molar-refractivity contribution in [2.75, 3.05) is 31.1 Å². The van der Waals surface area contributed by atoms with Gasteiger partial charge in [-0.1, -0.05) is 12.1 Å². The molecule has 1 saturated heterocycles. The third-order valence-electron chi connectivity index (χ3n) is 6.82. The number of amides is 1. The number of hydrogen-bond acceptors (Lipinski definition) is 5. The van der Waals surface area contributed by atoms with Gasteiger partial charge in [-0.05, 0) is 54.4 Å². The molecule has 0 saturated carbocycles. The number of fused-ring (bicyclic) bond motifs is 2. The smallest absolute Gasteiger partial charge is 0.219 e. The van der Waals surface area contributed by atoms with Crippen LogP contribution in [-0.4, -0.2) is 56.3 Å². The van der Waals surface area contributed by atoms with Crippen molar-refractivity contribution in [1.82, 2.24) is 24.3 Å². The molecule has 5 heterocycles. The lowest BCUT2D eigenvalue weighted by molar-refractivity contribution is -0.129. The van der Waals surface area contributed by atoms with E-state index in [0.29, 0.717) is 0 Å². The lowest BCUT2D eigenvalue weighted by Crippen LogP contribution is -2.48. The number of piperazine rings is 1. The van der Waals surface area contributed by atoms with E-state index in [1.165, 1.54) is 5.69 Å². The number of hydrogen-bond donors (Lipinski definition) is 0. The van der Waals surface area contributed by atoms with Crippen LogP contribution < -0.4 is 4.90 Å². The molecule has 5 aromatic rings. The number of benzene rings is 1. The highest BCUT2D eigenvalue weighted by atomic mass is 16.2. The minimum atomic E-state index is 0.154. The molecular weight excluding hydrogens is 436 g/mol. The van der Waals surface area contributed by atoms with E-state index >= 15 is 0 Å². The Morgan fingerprint density at radius 1 is 0.914 bits per heavy atom. The predicted octanol–water partition coefficient (Wildman–Crippen LogP) is 4.59. The van der Waals surface area contributed by atoms with E-state index in [0.717, 1.165) is 70.8 Å². The molecule has 0 N–H and O–H groups in total. The van der Waals surface area contributed by atoms with Crippen LogP contribution in [0, 0.1) is 6.92 Å². The predicted molar refractivity (Wildman–Crippen MR) is 138 cm³/mol. The summed E-state index contributed by atoms with van der Waals surface area (Å²) in [6.07, 6.45) is 7.62. The summed E-state index contributed by atoms with van der Waals surface area (Å²) in [6.45, 7) is 6.92. The SMILES string of the molecule is CC(=O)N1CCN(c2ccc(-c3ccn4c(-c5cc(C)nc6cnccc56)cnc4c3)cc2)CC1. The van der Waals surface area contributed by atoms with Crippen LogP contribution in [0.1, 0.15) is 12.6 Å². The Labute approximate surface area is 203 Å². The molecule has 1 aliphatic heterocycles. The van der Waals surface area contributed by atoms with Gasteiger partial charge in [-0.3, -0.25) is 19.2 Å². The van der Waals surface area contributed by atoms with Crippen LogP contribution in [0.5, 0.6) is 0 Å². The molecule has 1 aliphatic rings. The highest BCUT2D eigenvalue weighted by Crippen LogP contribution is 2.31. The van der Waals surface area contributed by atoms with Crippen LogP contribution in [0.15, 0.2) is 73.3 Å². The number of imidazole rings is 1. The Morgan fingerprint density at radius 3 is 2.49 bits per heavy atom. The summed E-state index contributed by atoms with van der Waals surface area (Å²) < 4.78 is 2.13. The molecule has 0 bridgehead atoms. The average Bonchev–Trinajstić information content (AvgIpc) is 3.31. The zero-order chi connectivity index (χ0) is 23.9.